The van der Waals surface area contributed by atoms with Gasteiger partial charge in [-0.3, -0.25) is 0 Å². The van der Waals surface area contributed by atoms with Crippen LogP contribution in [0.3, 0.4) is 0 Å². The van der Waals surface area contributed by atoms with Crippen molar-refractivity contribution in [1.82, 2.24) is 0 Å². The minimum absolute atomic E-state index is 0.378. The Bertz CT molecular complexity index is 339. The molecule has 0 bridgehead atoms. The van der Waals surface area contributed by atoms with Crippen LogP contribution in [0.4, 0.5) is 0 Å². The molecule has 0 aromatic heterocycles. The van der Waals surface area contributed by atoms with E-state index in [0.29, 0.717) is 5.75 Å². The highest BCUT2D eigenvalue weighted by molar-refractivity contribution is 5.27. The summed E-state index contributed by atoms with van der Waals surface area (Å²) in [7, 11) is 0. The highest BCUT2D eigenvalue weighted by Gasteiger charge is 2.04. The second-order valence-electron chi connectivity index (χ2n) is 3.92. The van der Waals surface area contributed by atoms with E-state index < -0.39 is 0 Å². The van der Waals surface area contributed by atoms with E-state index in [2.05, 4.69) is 12.1 Å². The van der Waals surface area contributed by atoms with E-state index >= 15 is 0 Å². The largest absolute Gasteiger partial charge is 0.508 e. The van der Waals surface area contributed by atoms with Gasteiger partial charge >= 0.3 is 0 Å². The van der Waals surface area contributed by atoms with Crippen LogP contribution in [0, 0.1) is 0 Å². The molecule has 0 saturated heterocycles. The van der Waals surface area contributed by atoms with Gasteiger partial charge in [0.1, 0.15) is 5.75 Å². The lowest BCUT2D eigenvalue weighted by molar-refractivity contribution is 0.474. The zero-order valence-electron chi connectivity index (χ0n) is 8.37. The quantitative estimate of drug-likeness (QED) is 0.720. The average molecular weight is 188 g/mol. The SMILES string of the molecule is Oc1cccc(CCC2=CCCC2)c1. The summed E-state index contributed by atoms with van der Waals surface area (Å²) in [6, 6.07) is 7.57. The molecule has 1 aromatic carbocycles. The van der Waals surface area contributed by atoms with Crippen LogP contribution in [0.25, 0.3) is 0 Å². The van der Waals surface area contributed by atoms with Gasteiger partial charge in [0.2, 0.25) is 0 Å². The molecular formula is C13H16O. The number of phenolic OH excluding ortho intramolecular Hbond substituents is 1. The third kappa shape index (κ3) is 2.38. The second-order valence-corrected chi connectivity index (χ2v) is 3.92. The van der Waals surface area contributed by atoms with E-state index in [-0.39, 0.29) is 0 Å². The van der Waals surface area contributed by atoms with Crippen molar-refractivity contribution in [3.8, 4) is 5.75 Å². The van der Waals surface area contributed by atoms with Gasteiger partial charge in [-0.1, -0.05) is 23.8 Å². The molecule has 1 aliphatic carbocycles. The third-order valence-electron chi connectivity index (χ3n) is 2.78. The minimum atomic E-state index is 0.378. The smallest absolute Gasteiger partial charge is 0.115 e. The Morgan fingerprint density at radius 2 is 2.14 bits per heavy atom. The molecule has 1 aromatic rings. The van der Waals surface area contributed by atoms with Crippen molar-refractivity contribution in [2.75, 3.05) is 0 Å². The van der Waals surface area contributed by atoms with Crippen molar-refractivity contribution in [1.29, 1.82) is 0 Å². The maximum absolute atomic E-state index is 9.29. The number of aryl methyl sites for hydroxylation is 1. The number of hydrogen-bond acceptors (Lipinski definition) is 1. The predicted octanol–water partition coefficient (Wildman–Crippen LogP) is 3.44. The van der Waals surface area contributed by atoms with Crippen molar-refractivity contribution in [2.45, 2.75) is 32.1 Å². The Morgan fingerprint density at radius 3 is 2.86 bits per heavy atom. The van der Waals surface area contributed by atoms with E-state index in [1.165, 1.54) is 24.8 Å². The molecule has 0 aliphatic heterocycles. The number of hydrogen-bond donors (Lipinski definition) is 1. The molecule has 0 unspecified atom stereocenters. The monoisotopic (exact) mass is 188 g/mol. The zero-order valence-corrected chi connectivity index (χ0v) is 8.37. The van der Waals surface area contributed by atoms with Gasteiger partial charge < -0.3 is 5.11 Å². The molecule has 0 saturated carbocycles. The Morgan fingerprint density at radius 1 is 1.21 bits per heavy atom. The molecule has 1 aliphatic rings. The molecule has 1 nitrogen and oxygen atoms in total. The summed E-state index contributed by atoms with van der Waals surface area (Å²) in [6.07, 6.45) is 8.44. The van der Waals surface area contributed by atoms with Crippen molar-refractivity contribution in [2.24, 2.45) is 0 Å². The molecule has 0 atom stereocenters. The van der Waals surface area contributed by atoms with Crippen molar-refractivity contribution < 1.29 is 5.11 Å². The van der Waals surface area contributed by atoms with Gasteiger partial charge in [-0.2, -0.15) is 0 Å². The molecule has 0 heterocycles. The first-order chi connectivity index (χ1) is 6.84. The molecule has 1 heteroatoms. The number of aromatic hydroxyl groups is 1. The topological polar surface area (TPSA) is 20.2 Å². The summed E-state index contributed by atoms with van der Waals surface area (Å²) in [4.78, 5) is 0. The Hall–Kier alpha value is -1.24. The Balaban J connectivity index is 1.91. The maximum Gasteiger partial charge on any atom is 0.115 e. The van der Waals surface area contributed by atoms with Crippen molar-refractivity contribution in [3.63, 3.8) is 0 Å². The molecule has 0 spiro atoms. The Kier molecular flexibility index (Phi) is 2.87. The molecule has 1 N–H and O–H groups in total. The van der Waals surface area contributed by atoms with Crippen molar-refractivity contribution in [3.05, 3.63) is 41.5 Å². The molecule has 0 fully saturated rings. The first-order valence-electron chi connectivity index (χ1n) is 5.30. The normalized spacial score (nSPS) is 15.6. The fourth-order valence-electron chi connectivity index (χ4n) is 1.98. The molecule has 2 rings (SSSR count). The first kappa shape index (κ1) is 9.32. The van der Waals surface area contributed by atoms with Gasteiger partial charge in [-0.25, -0.2) is 0 Å². The lowest BCUT2D eigenvalue weighted by Crippen LogP contribution is -1.86. The molecule has 14 heavy (non-hydrogen) atoms. The fraction of sp³-hybridized carbons (Fsp3) is 0.385. The van der Waals surface area contributed by atoms with Crippen LogP contribution in [0.5, 0.6) is 5.75 Å². The zero-order chi connectivity index (χ0) is 9.80. The van der Waals surface area contributed by atoms with Crippen LogP contribution in [0.15, 0.2) is 35.9 Å². The summed E-state index contributed by atoms with van der Waals surface area (Å²) in [5, 5.41) is 9.29. The van der Waals surface area contributed by atoms with Gasteiger partial charge in [0.15, 0.2) is 0 Å². The molecule has 0 amide bonds. The highest BCUT2D eigenvalue weighted by Crippen LogP contribution is 2.23. The van der Waals surface area contributed by atoms with E-state index in [1.54, 1.807) is 11.6 Å². The summed E-state index contributed by atoms with van der Waals surface area (Å²) < 4.78 is 0. The predicted molar refractivity (Wildman–Crippen MR) is 58.4 cm³/mol. The first-order valence-corrected chi connectivity index (χ1v) is 5.30. The van der Waals surface area contributed by atoms with Crippen LogP contribution >= 0.6 is 0 Å². The standard InChI is InChI=1S/C13H16O/c14-13-7-3-6-12(10-13)9-8-11-4-1-2-5-11/h3-4,6-7,10,14H,1-2,5,8-9H2. The van der Waals surface area contributed by atoms with Crippen LogP contribution in [0.1, 0.15) is 31.2 Å². The minimum Gasteiger partial charge on any atom is -0.508 e. The summed E-state index contributed by atoms with van der Waals surface area (Å²) in [6.45, 7) is 0. The third-order valence-corrected chi connectivity index (χ3v) is 2.78. The lowest BCUT2D eigenvalue weighted by Gasteiger charge is -2.02. The number of rotatable bonds is 3. The highest BCUT2D eigenvalue weighted by atomic mass is 16.3. The number of phenols is 1. The Labute approximate surface area is 85.1 Å². The van der Waals surface area contributed by atoms with Crippen LogP contribution in [-0.4, -0.2) is 5.11 Å². The second kappa shape index (κ2) is 4.32. The number of allylic oxidation sites excluding steroid dienone is 2. The summed E-state index contributed by atoms with van der Waals surface area (Å²) in [5.74, 6) is 0.378. The van der Waals surface area contributed by atoms with Gasteiger partial charge in [0.25, 0.3) is 0 Å². The van der Waals surface area contributed by atoms with Crippen molar-refractivity contribution >= 4 is 0 Å². The number of benzene rings is 1. The van der Waals surface area contributed by atoms with Gasteiger partial charge in [0, 0.05) is 0 Å². The van der Waals surface area contributed by atoms with Crippen LogP contribution < -0.4 is 0 Å². The molecule has 74 valence electrons. The molecular weight excluding hydrogens is 172 g/mol. The fourth-order valence-corrected chi connectivity index (χ4v) is 1.98. The summed E-state index contributed by atoms with van der Waals surface area (Å²) in [5.41, 5.74) is 2.83. The van der Waals surface area contributed by atoms with Gasteiger partial charge in [-0.05, 0) is 49.8 Å². The molecule has 0 radical (unpaired) electrons. The maximum atomic E-state index is 9.29. The van der Waals surface area contributed by atoms with Gasteiger partial charge in [0.05, 0.1) is 0 Å². The lowest BCUT2D eigenvalue weighted by atomic mass is 10.0. The van der Waals surface area contributed by atoms with E-state index in [9.17, 15) is 5.11 Å². The van der Waals surface area contributed by atoms with Crippen LogP contribution in [-0.2, 0) is 6.42 Å². The van der Waals surface area contributed by atoms with Gasteiger partial charge in [-0.15, -0.1) is 0 Å². The van der Waals surface area contributed by atoms with Crippen LogP contribution in [0.2, 0.25) is 0 Å². The summed E-state index contributed by atoms with van der Waals surface area (Å²) >= 11 is 0. The van der Waals surface area contributed by atoms with E-state index in [4.69, 9.17) is 0 Å². The average Bonchev–Trinajstić information content (AvgIpc) is 2.67. The van der Waals surface area contributed by atoms with E-state index in [1.807, 2.05) is 12.1 Å². The van der Waals surface area contributed by atoms with E-state index in [0.717, 1.165) is 12.8 Å².